The molecule has 2 unspecified atom stereocenters. The molecule has 18 heavy (non-hydrogen) atoms. The van der Waals surface area contributed by atoms with Crippen molar-refractivity contribution in [2.45, 2.75) is 19.9 Å². The minimum atomic E-state index is 0.0358. The van der Waals surface area contributed by atoms with Crippen LogP contribution in [-0.4, -0.2) is 25.6 Å². The fourth-order valence-corrected chi connectivity index (χ4v) is 2.27. The molecular weight excluding hydrogens is 228 g/mol. The van der Waals surface area contributed by atoms with Crippen LogP contribution in [0.2, 0.25) is 0 Å². The molecule has 0 aliphatic carbocycles. The second-order valence-electron chi connectivity index (χ2n) is 4.64. The topological polar surface area (TPSA) is 50.4 Å². The molecule has 98 valence electrons. The highest BCUT2D eigenvalue weighted by Crippen LogP contribution is 2.34. The molecule has 0 radical (unpaired) electrons. The first-order chi connectivity index (χ1) is 8.72. The fourth-order valence-electron chi connectivity index (χ4n) is 2.27. The van der Waals surface area contributed by atoms with Crippen LogP contribution in [0.1, 0.15) is 25.5 Å². The first-order valence-electron chi connectivity index (χ1n) is 6.44. The van der Waals surface area contributed by atoms with Gasteiger partial charge in [0.2, 0.25) is 5.91 Å². The zero-order chi connectivity index (χ0) is 13.0. The lowest BCUT2D eigenvalue weighted by molar-refractivity contribution is -0.120. The number of para-hydroxylation sites is 1. The van der Waals surface area contributed by atoms with Crippen molar-refractivity contribution >= 4 is 5.91 Å². The van der Waals surface area contributed by atoms with Crippen LogP contribution in [0.3, 0.4) is 0 Å². The summed E-state index contributed by atoms with van der Waals surface area (Å²) in [6.45, 7) is 5.75. The molecule has 4 heteroatoms. The van der Waals surface area contributed by atoms with E-state index in [4.69, 9.17) is 4.74 Å². The maximum Gasteiger partial charge on any atom is 0.233 e. The Morgan fingerprint density at radius 3 is 3.00 bits per heavy atom. The van der Waals surface area contributed by atoms with E-state index in [-0.39, 0.29) is 11.9 Å². The number of likely N-dealkylation sites (N-methyl/N-ethyl adjacent to an activating group) is 1. The van der Waals surface area contributed by atoms with Gasteiger partial charge in [-0.15, -0.1) is 0 Å². The summed E-state index contributed by atoms with van der Waals surface area (Å²) in [4.78, 5) is 11.5. The average Bonchev–Trinajstić information content (AvgIpc) is 2.38. The molecule has 1 amide bonds. The van der Waals surface area contributed by atoms with E-state index in [2.05, 4.69) is 23.6 Å². The zero-order valence-corrected chi connectivity index (χ0v) is 10.9. The third-order valence-corrected chi connectivity index (χ3v) is 3.18. The lowest BCUT2D eigenvalue weighted by Gasteiger charge is -2.32. The van der Waals surface area contributed by atoms with Gasteiger partial charge in [-0.05, 0) is 13.0 Å². The van der Waals surface area contributed by atoms with E-state index in [9.17, 15) is 4.79 Å². The number of ether oxygens (including phenoxy) is 1. The number of carbonyl (C=O) groups excluding carboxylic acids is 1. The second-order valence-corrected chi connectivity index (χ2v) is 4.64. The van der Waals surface area contributed by atoms with Crippen molar-refractivity contribution in [2.24, 2.45) is 5.92 Å². The van der Waals surface area contributed by atoms with Gasteiger partial charge in [0.1, 0.15) is 5.75 Å². The van der Waals surface area contributed by atoms with Gasteiger partial charge in [-0.25, -0.2) is 0 Å². The molecule has 0 saturated carbocycles. The van der Waals surface area contributed by atoms with Gasteiger partial charge in [-0.3, -0.25) is 4.79 Å². The number of hydrogen-bond donors (Lipinski definition) is 2. The number of benzene rings is 1. The summed E-state index contributed by atoms with van der Waals surface area (Å²) < 4.78 is 5.68. The normalized spacial score (nSPS) is 21.9. The highest BCUT2D eigenvalue weighted by molar-refractivity contribution is 5.78. The van der Waals surface area contributed by atoms with Gasteiger partial charge in [0.05, 0.1) is 13.2 Å². The van der Waals surface area contributed by atoms with Crippen molar-refractivity contribution in [1.29, 1.82) is 0 Å². The summed E-state index contributed by atoms with van der Waals surface area (Å²) in [5.74, 6) is 1.31. The predicted molar refractivity (Wildman–Crippen MR) is 70.5 cm³/mol. The second kappa shape index (κ2) is 5.87. The van der Waals surface area contributed by atoms with E-state index in [0.717, 1.165) is 11.3 Å². The number of fused-ring (bicyclic) bond motifs is 1. The molecule has 0 aromatic heterocycles. The predicted octanol–water partition coefficient (Wildman–Crippen LogP) is 1.48. The summed E-state index contributed by atoms with van der Waals surface area (Å²) in [7, 11) is 0. The van der Waals surface area contributed by atoms with E-state index >= 15 is 0 Å². The van der Waals surface area contributed by atoms with Crippen LogP contribution in [0.4, 0.5) is 0 Å². The number of hydrogen-bond acceptors (Lipinski definition) is 3. The highest BCUT2D eigenvalue weighted by atomic mass is 16.5. The molecule has 1 aliphatic heterocycles. The van der Waals surface area contributed by atoms with Gasteiger partial charge >= 0.3 is 0 Å². The van der Waals surface area contributed by atoms with E-state index in [0.29, 0.717) is 25.6 Å². The van der Waals surface area contributed by atoms with Crippen LogP contribution in [-0.2, 0) is 4.79 Å². The van der Waals surface area contributed by atoms with E-state index in [1.807, 2.05) is 25.1 Å². The van der Waals surface area contributed by atoms with Gasteiger partial charge < -0.3 is 15.4 Å². The number of rotatable bonds is 4. The Labute approximate surface area is 108 Å². The minimum absolute atomic E-state index is 0.0358. The van der Waals surface area contributed by atoms with Crippen molar-refractivity contribution in [3.05, 3.63) is 29.8 Å². The summed E-state index contributed by atoms with van der Waals surface area (Å²) in [5, 5.41) is 6.11. The summed E-state index contributed by atoms with van der Waals surface area (Å²) >= 11 is 0. The molecule has 0 fully saturated rings. The molecule has 2 rings (SSSR count). The van der Waals surface area contributed by atoms with Crippen LogP contribution in [0.5, 0.6) is 5.75 Å². The third kappa shape index (κ3) is 2.82. The zero-order valence-electron chi connectivity index (χ0n) is 10.9. The Hall–Kier alpha value is -1.55. The maximum absolute atomic E-state index is 11.5. The van der Waals surface area contributed by atoms with Crippen LogP contribution >= 0.6 is 0 Å². The van der Waals surface area contributed by atoms with Crippen LogP contribution in [0.15, 0.2) is 24.3 Å². The highest BCUT2D eigenvalue weighted by Gasteiger charge is 2.27. The molecule has 1 heterocycles. The lowest BCUT2D eigenvalue weighted by Crippen LogP contribution is -2.40. The Morgan fingerprint density at radius 1 is 1.44 bits per heavy atom. The van der Waals surface area contributed by atoms with Crippen molar-refractivity contribution in [3.63, 3.8) is 0 Å². The monoisotopic (exact) mass is 248 g/mol. The Morgan fingerprint density at radius 2 is 2.22 bits per heavy atom. The average molecular weight is 248 g/mol. The Kier molecular flexibility index (Phi) is 4.20. The smallest absolute Gasteiger partial charge is 0.233 e. The largest absolute Gasteiger partial charge is 0.493 e. The first kappa shape index (κ1) is 12.9. The molecule has 0 bridgehead atoms. The molecule has 4 nitrogen and oxygen atoms in total. The van der Waals surface area contributed by atoms with Crippen molar-refractivity contribution in [2.75, 3.05) is 19.7 Å². The van der Waals surface area contributed by atoms with Crippen LogP contribution in [0, 0.1) is 5.92 Å². The number of nitrogens with one attached hydrogen (secondary N) is 2. The summed E-state index contributed by atoms with van der Waals surface area (Å²) in [5.41, 5.74) is 1.14. The van der Waals surface area contributed by atoms with Gasteiger partial charge in [0, 0.05) is 24.1 Å². The molecule has 1 aromatic carbocycles. The van der Waals surface area contributed by atoms with E-state index < -0.39 is 0 Å². The standard InChI is InChI=1S/C14H20N2O2/c1-3-15-13(17)8-16-14-10(2)9-18-12-7-5-4-6-11(12)14/h4-7,10,14,16H,3,8-9H2,1-2H3,(H,15,17). The van der Waals surface area contributed by atoms with Gasteiger partial charge in [0.25, 0.3) is 0 Å². The van der Waals surface area contributed by atoms with Crippen LogP contribution < -0.4 is 15.4 Å². The molecule has 0 spiro atoms. The van der Waals surface area contributed by atoms with Crippen LogP contribution in [0.25, 0.3) is 0 Å². The fraction of sp³-hybridized carbons (Fsp3) is 0.500. The van der Waals surface area contributed by atoms with Gasteiger partial charge in [-0.2, -0.15) is 0 Å². The quantitative estimate of drug-likeness (QED) is 0.848. The van der Waals surface area contributed by atoms with E-state index in [1.165, 1.54) is 0 Å². The molecule has 1 aromatic rings. The minimum Gasteiger partial charge on any atom is -0.493 e. The molecule has 1 aliphatic rings. The third-order valence-electron chi connectivity index (χ3n) is 3.18. The lowest BCUT2D eigenvalue weighted by atomic mass is 9.92. The summed E-state index contributed by atoms with van der Waals surface area (Å²) in [6.07, 6.45) is 0. The van der Waals surface area contributed by atoms with Crippen molar-refractivity contribution < 1.29 is 9.53 Å². The molecule has 2 N–H and O–H groups in total. The van der Waals surface area contributed by atoms with Gasteiger partial charge in [-0.1, -0.05) is 25.1 Å². The Bertz CT molecular complexity index is 420. The first-order valence-corrected chi connectivity index (χ1v) is 6.44. The maximum atomic E-state index is 11.5. The van der Waals surface area contributed by atoms with Crippen molar-refractivity contribution in [3.8, 4) is 5.75 Å². The number of carbonyl (C=O) groups is 1. The van der Waals surface area contributed by atoms with Crippen molar-refractivity contribution in [1.82, 2.24) is 10.6 Å². The molecule has 2 atom stereocenters. The summed E-state index contributed by atoms with van der Waals surface area (Å²) in [6, 6.07) is 8.18. The molecule has 0 saturated heterocycles. The Balaban J connectivity index is 2.05. The van der Waals surface area contributed by atoms with E-state index in [1.54, 1.807) is 0 Å². The number of amides is 1. The SMILES string of the molecule is CCNC(=O)CNC1c2ccccc2OCC1C. The van der Waals surface area contributed by atoms with Gasteiger partial charge in [0.15, 0.2) is 0 Å². The molecular formula is C14H20N2O2.